The van der Waals surface area contributed by atoms with Gasteiger partial charge in [0.25, 0.3) is 11.8 Å². The minimum Gasteiger partial charge on any atom is -0.476 e. The molecule has 3 aromatic carbocycles. The van der Waals surface area contributed by atoms with E-state index in [0.717, 1.165) is 12.1 Å². The van der Waals surface area contributed by atoms with E-state index >= 15 is 0 Å². The van der Waals surface area contributed by atoms with Gasteiger partial charge >= 0.3 is 6.18 Å². The number of hydrogen-bond acceptors (Lipinski definition) is 4. The number of amides is 2. The van der Waals surface area contributed by atoms with Crippen LogP contribution in [0, 0.1) is 23.0 Å². The predicted molar refractivity (Wildman–Crippen MR) is 122 cm³/mol. The second kappa shape index (κ2) is 9.71. The molecule has 0 spiro atoms. The average Bonchev–Trinajstić information content (AvgIpc) is 3.16. The van der Waals surface area contributed by atoms with Crippen LogP contribution in [0.2, 0.25) is 5.02 Å². The third kappa shape index (κ3) is 5.34. The zero-order valence-electron chi connectivity index (χ0n) is 18.7. The molecule has 2 amide bonds. The molecule has 0 bridgehead atoms. The van der Waals surface area contributed by atoms with E-state index < -0.39 is 52.9 Å². The van der Waals surface area contributed by atoms with Crippen molar-refractivity contribution in [1.82, 2.24) is 5.32 Å². The van der Waals surface area contributed by atoms with Crippen molar-refractivity contribution in [1.29, 1.82) is 5.26 Å². The Bertz CT molecular complexity index is 1470. The molecule has 0 saturated heterocycles. The van der Waals surface area contributed by atoms with Gasteiger partial charge < -0.3 is 15.4 Å². The van der Waals surface area contributed by atoms with Crippen molar-refractivity contribution in [2.45, 2.75) is 25.2 Å². The van der Waals surface area contributed by atoms with E-state index in [2.05, 4.69) is 10.6 Å². The van der Waals surface area contributed by atoms with Gasteiger partial charge in [0, 0.05) is 27.8 Å². The molecule has 1 aliphatic heterocycles. The number of nitrogens with one attached hydrogen (secondary N) is 2. The summed E-state index contributed by atoms with van der Waals surface area (Å²) in [7, 11) is 0. The fraction of sp³-hybridized carbons (Fsp3) is 0.160. The first kappa shape index (κ1) is 25.9. The van der Waals surface area contributed by atoms with Crippen LogP contribution in [-0.4, -0.2) is 17.9 Å². The Morgan fingerprint density at radius 2 is 1.86 bits per heavy atom. The second-order valence-corrected chi connectivity index (χ2v) is 8.48. The van der Waals surface area contributed by atoms with E-state index in [4.69, 9.17) is 21.6 Å². The molecule has 4 rings (SSSR count). The SMILES string of the molecule is CC(C#N)Oc1cc(NC(=O)c2cc(F)cc(C(F)(F)F)c2)c2c(c1)C(=O)NC2c1cc(F)ccc1Cl. The fourth-order valence-electron chi connectivity index (χ4n) is 3.86. The van der Waals surface area contributed by atoms with E-state index in [1.165, 1.54) is 25.1 Å². The number of rotatable bonds is 5. The van der Waals surface area contributed by atoms with Crippen molar-refractivity contribution in [3.05, 3.63) is 93.0 Å². The number of nitriles is 1. The van der Waals surface area contributed by atoms with Gasteiger partial charge in [-0.25, -0.2) is 8.78 Å². The highest BCUT2D eigenvalue weighted by Crippen LogP contribution is 2.42. The number of carbonyl (C=O) groups excluding carboxylic acids is 2. The number of fused-ring (bicyclic) bond motifs is 1. The minimum absolute atomic E-state index is 0.0144. The van der Waals surface area contributed by atoms with Gasteiger partial charge in [-0.1, -0.05) is 11.6 Å². The maximum atomic E-state index is 14.0. The number of benzene rings is 3. The number of hydrogen-bond donors (Lipinski definition) is 2. The van der Waals surface area contributed by atoms with E-state index in [0.29, 0.717) is 12.1 Å². The van der Waals surface area contributed by atoms with Crippen molar-refractivity contribution < 1.29 is 36.3 Å². The third-order valence-electron chi connectivity index (χ3n) is 5.46. The van der Waals surface area contributed by atoms with Crippen LogP contribution in [0.5, 0.6) is 5.75 Å². The molecule has 6 nitrogen and oxygen atoms in total. The van der Waals surface area contributed by atoms with E-state index in [9.17, 15) is 31.5 Å². The largest absolute Gasteiger partial charge is 0.476 e. The lowest BCUT2D eigenvalue weighted by Crippen LogP contribution is -2.21. The normalized spacial score (nSPS) is 15.4. The maximum Gasteiger partial charge on any atom is 0.416 e. The highest BCUT2D eigenvalue weighted by molar-refractivity contribution is 6.31. The van der Waals surface area contributed by atoms with Gasteiger partial charge in [-0.15, -0.1) is 0 Å². The lowest BCUT2D eigenvalue weighted by Gasteiger charge is -2.19. The van der Waals surface area contributed by atoms with Gasteiger partial charge in [0.15, 0.2) is 6.10 Å². The second-order valence-electron chi connectivity index (χ2n) is 8.07. The predicted octanol–water partition coefficient (Wildman–Crippen LogP) is 6.01. The van der Waals surface area contributed by atoms with Gasteiger partial charge in [0.2, 0.25) is 0 Å². The number of ether oxygens (including phenoxy) is 1. The van der Waals surface area contributed by atoms with Gasteiger partial charge in [0.05, 0.1) is 22.9 Å². The fourth-order valence-corrected chi connectivity index (χ4v) is 4.08. The van der Waals surface area contributed by atoms with Crippen LogP contribution < -0.4 is 15.4 Å². The number of alkyl halides is 3. The summed E-state index contributed by atoms with van der Waals surface area (Å²) in [5, 5.41) is 14.2. The average molecular weight is 536 g/mol. The third-order valence-corrected chi connectivity index (χ3v) is 5.81. The van der Waals surface area contributed by atoms with Gasteiger partial charge in [0.1, 0.15) is 23.5 Å². The molecule has 3 aromatic rings. The molecule has 0 fully saturated rings. The number of nitrogens with zero attached hydrogens (tertiary/aromatic N) is 1. The lowest BCUT2D eigenvalue weighted by molar-refractivity contribution is -0.137. The number of carbonyl (C=O) groups is 2. The first-order chi connectivity index (χ1) is 17.4. The molecule has 190 valence electrons. The quantitative estimate of drug-likeness (QED) is 0.391. The van der Waals surface area contributed by atoms with Crippen molar-refractivity contribution in [3.8, 4) is 11.8 Å². The van der Waals surface area contributed by atoms with Crippen molar-refractivity contribution in [2.24, 2.45) is 0 Å². The smallest absolute Gasteiger partial charge is 0.416 e. The first-order valence-electron chi connectivity index (χ1n) is 10.6. The van der Waals surface area contributed by atoms with Crippen molar-refractivity contribution in [2.75, 3.05) is 5.32 Å². The molecular weight excluding hydrogens is 521 g/mol. The van der Waals surface area contributed by atoms with Gasteiger partial charge in [-0.2, -0.15) is 18.4 Å². The Morgan fingerprint density at radius 3 is 2.54 bits per heavy atom. The zero-order valence-corrected chi connectivity index (χ0v) is 19.5. The Hall–Kier alpha value is -4.17. The lowest BCUT2D eigenvalue weighted by atomic mass is 9.95. The van der Waals surface area contributed by atoms with Crippen LogP contribution in [0.3, 0.4) is 0 Å². The van der Waals surface area contributed by atoms with E-state index in [1.807, 2.05) is 6.07 Å². The molecule has 0 aromatic heterocycles. The van der Waals surface area contributed by atoms with Crippen LogP contribution in [0.25, 0.3) is 0 Å². The Kier molecular flexibility index (Phi) is 6.80. The number of anilines is 1. The molecule has 2 unspecified atom stereocenters. The summed E-state index contributed by atoms with van der Waals surface area (Å²) in [5.41, 5.74) is -1.87. The molecule has 2 atom stereocenters. The Balaban J connectivity index is 1.84. The topological polar surface area (TPSA) is 91.2 Å². The summed E-state index contributed by atoms with van der Waals surface area (Å²) < 4.78 is 72.8. The van der Waals surface area contributed by atoms with E-state index in [1.54, 1.807) is 0 Å². The van der Waals surface area contributed by atoms with Crippen LogP contribution >= 0.6 is 11.6 Å². The molecule has 2 N–H and O–H groups in total. The highest BCUT2D eigenvalue weighted by atomic mass is 35.5. The molecule has 1 aliphatic rings. The molecular formula is C25H15ClF5N3O3. The maximum absolute atomic E-state index is 14.0. The molecule has 12 heteroatoms. The van der Waals surface area contributed by atoms with Crippen molar-refractivity contribution in [3.63, 3.8) is 0 Å². The Morgan fingerprint density at radius 1 is 1.14 bits per heavy atom. The summed E-state index contributed by atoms with van der Waals surface area (Å²) in [6.07, 6.45) is -5.87. The standard InChI is InChI=1S/C25H15ClF5N3O3/c1-11(10-32)37-16-8-18-21(22(34-24(18)36)17-7-14(27)2-3-19(17)26)20(9-16)33-23(35)12-4-13(25(29,30)31)6-15(28)5-12/h2-9,11,22H,1H3,(H,33,35)(H,34,36). The van der Waals surface area contributed by atoms with Gasteiger partial charge in [-0.05, 0) is 49.4 Å². The summed E-state index contributed by atoms with van der Waals surface area (Å²) in [6.45, 7) is 1.42. The Labute approximate surface area is 211 Å². The number of halogens is 6. The van der Waals surface area contributed by atoms with Crippen LogP contribution in [-0.2, 0) is 6.18 Å². The summed E-state index contributed by atoms with van der Waals surface area (Å²) in [4.78, 5) is 25.8. The minimum atomic E-state index is -4.91. The molecule has 37 heavy (non-hydrogen) atoms. The first-order valence-corrected chi connectivity index (χ1v) is 10.9. The monoisotopic (exact) mass is 535 g/mol. The summed E-state index contributed by atoms with van der Waals surface area (Å²) in [6, 6.07) is 8.12. The van der Waals surface area contributed by atoms with Crippen LogP contribution in [0.4, 0.5) is 27.6 Å². The summed E-state index contributed by atoms with van der Waals surface area (Å²) in [5.74, 6) is -3.72. The zero-order chi connectivity index (χ0) is 27.1. The van der Waals surface area contributed by atoms with E-state index in [-0.39, 0.29) is 39.2 Å². The molecule has 0 radical (unpaired) electrons. The van der Waals surface area contributed by atoms with Crippen LogP contribution in [0.15, 0.2) is 48.5 Å². The molecule has 0 aliphatic carbocycles. The van der Waals surface area contributed by atoms with Gasteiger partial charge in [-0.3, -0.25) is 9.59 Å². The summed E-state index contributed by atoms with van der Waals surface area (Å²) >= 11 is 6.23. The molecule has 1 heterocycles. The van der Waals surface area contributed by atoms with Crippen LogP contribution in [0.1, 0.15) is 50.4 Å². The molecule has 0 saturated carbocycles. The highest BCUT2D eigenvalue weighted by Gasteiger charge is 2.36. The van der Waals surface area contributed by atoms with Crippen molar-refractivity contribution >= 4 is 29.1 Å².